The number of hydrogen-bond acceptors (Lipinski definition) is 3. The number of anilines is 1. The van der Waals surface area contributed by atoms with Crippen LogP contribution in [0.2, 0.25) is 0 Å². The topological polar surface area (TPSA) is 58.2 Å². The summed E-state index contributed by atoms with van der Waals surface area (Å²) >= 11 is 1.55. The Morgan fingerprint density at radius 1 is 1.26 bits per heavy atom. The van der Waals surface area contributed by atoms with Crippen LogP contribution < -0.4 is 10.6 Å². The van der Waals surface area contributed by atoms with Gasteiger partial charge in [0.15, 0.2) is 0 Å². The van der Waals surface area contributed by atoms with Crippen molar-refractivity contribution < 1.29 is 9.59 Å². The molecule has 0 aromatic heterocycles. The van der Waals surface area contributed by atoms with Crippen LogP contribution in [-0.4, -0.2) is 17.1 Å². The van der Waals surface area contributed by atoms with E-state index in [1.807, 2.05) is 50.2 Å². The Morgan fingerprint density at radius 2 is 2.09 bits per heavy atom. The van der Waals surface area contributed by atoms with Gasteiger partial charge in [0.1, 0.15) is 0 Å². The highest BCUT2D eigenvalue weighted by atomic mass is 32.2. The maximum Gasteiger partial charge on any atom is 0.251 e. The van der Waals surface area contributed by atoms with Crippen LogP contribution in [0.25, 0.3) is 0 Å². The van der Waals surface area contributed by atoms with Crippen LogP contribution in [-0.2, 0) is 11.3 Å². The van der Waals surface area contributed by atoms with E-state index >= 15 is 0 Å². The first-order chi connectivity index (χ1) is 11.0. The normalized spacial score (nSPS) is 16.4. The summed E-state index contributed by atoms with van der Waals surface area (Å²) < 4.78 is 0. The third kappa shape index (κ3) is 3.56. The second-order valence-corrected chi connectivity index (χ2v) is 7.01. The largest absolute Gasteiger partial charge is 0.348 e. The monoisotopic (exact) mass is 326 g/mol. The molecular formula is C18H18N2O2S. The molecule has 4 nitrogen and oxygen atoms in total. The molecule has 0 radical (unpaired) electrons. The number of carbonyl (C=O) groups excluding carboxylic acids is 2. The first-order valence-corrected chi connectivity index (χ1v) is 8.36. The van der Waals surface area contributed by atoms with Crippen LogP contribution in [0.4, 0.5) is 5.69 Å². The van der Waals surface area contributed by atoms with E-state index in [4.69, 9.17) is 0 Å². The fraction of sp³-hybridized carbons (Fsp3) is 0.222. The molecule has 2 aromatic rings. The predicted molar refractivity (Wildman–Crippen MR) is 92.7 cm³/mol. The van der Waals surface area contributed by atoms with Crippen molar-refractivity contribution in [3.63, 3.8) is 0 Å². The highest BCUT2D eigenvalue weighted by Crippen LogP contribution is 2.35. The quantitative estimate of drug-likeness (QED) is 0.909. The molecule has 0 aliphatic carbocycles. The van der Waals surface area contributed by atoms with Crippen molar-refractivity contribution in [2.45, 2.75) is 30.5 Å². The van der Waals surface area contributed by atoms with Crippen molar-refractivity contribution in [1.82, 2.24) is 5.32 Å². The average molecular weight is 326 g/mol. The lowest BCUT2D eigenvalue weighted by Crippen LogP contribution is -2.27. The van der Waals surface area contributed by atoms with Crippen molar-refractivity contribution in [1.29, 1.82) is 0 Å². The van der Waals surface area contributed by atoms with Crippen molar-refractivity contribution in [2.75, 3.05) is 5.32 Å². The summed E-state index contributed by atoms with van der Waals surface area (Å²) in [5.74, 6) is -0.0816. The molecule has 118 valence electrons. The van der Waals surface area contributed by atoms with Crippen molar-refractivity contribution >= 4 is 29.3 Å². The standard InChI is InChI=1S/C18H18N2O2S/c1-11-4-3-5-14(8-11)18(22)19-10-13-6-7-16-15(9-13)20-17(21)12(2)23-16/h3-9,12H,10H2,1-2H3,(H,19,22)(H,20,21). The summed E-state index contributed by atoms with van der Waals surface area (Å²) in [6.07, 6.45) is 0. The molecule has 3 rings (SSSR count). The molecule has 23 heavy (non-hydrogen) atoms. The summed E-state index contributed by atoms with van der Waals surface area (Å²) in [5.41, 5.74) is 3.49. The molecule has 1 unspecified atom stereocenters. The molecule has 2 N–H and O–H groups in total. The summed E-state index contributed by atoms with van der Waals surface area (Å²) in [4.78, 5) is 25.0. The number of fused-ring (bicyclic) bond motifs is 1. The molecule has 0 fully saturated rings. The number of carbonyl (C=O) groups is 2. The zero-order chi connectivity index (χ0) is 16.4. The van der Waals surface area contributed by atoms with E-state index in [0.717, 1.165) is 21.7 Å². The maximum atomic E-state index is 12.2. The fourth-order valence-electron chi connectivity index (χ4n) is 2.44. The lowest BCUT2D eigenvalue weighted by molar-refractivity contribution is -0.115. The molecule has 2 amide bonds. The van der Waals surface area contributed by atoms with Crippen LogP contribution in [0.15, 0.2) is 47.4 Å². The van der Waals surface area contributed by atoms with Crippen LogP contribution in [0.1, 0.15) is 28.4 Å². The molecule has 1 aliphatic rings. The van der Waals surface area contributed by atoms with Gasteiger partial charge in [0.2, 0.25) is 5.91 Å². The van der Waals surface area contributed by atoms with Gasteiger partial charge >= 0.3 is 0 Å². The van der Waals surface area contributed by atoms with Gasteiger partial charge in [-0.05, 0) is 43.7 Å². The molecule has 1 aliphatic heterocycles. The lowest BCUT2D eigenvalue weighted by atomic mass is 10.1. The molecule has 1 atom stereocenters. The Kier molecular flexibility index (Phi) is 4.39. The minimum atomic E-state index is -0.0987. The highest BCUT2D eigenvalue weighted by molar-refractivity contribution is 8.00. The Labute approximate surface area is 139 Å². The van der Waals surface area contributed by atoms with E-state index < -0.39 is 0 Å². The van der Waals surface area contributed by atoms with Crippen molar-refractivity contribution in [3.05, 3.63) is 59.2 Å². The molecule has 2 aromatic carbocycles. The smallest absolute Gasteiger partial charge is 0.251 e. The van der Waals surface area contributed by atoms with E-state index in [1.54, 1.807) is 17.8 Å². The van der Waals surface area contributed by atoms with Gasteiger partial charge in [-0.15, -0.1) is 11.8 Å². The van der Waals surface area contributed by atoms with Crippen LogP contribution in [0.3, 0.4) is 0 Å². The van der Waals surface area contributed by atoms with E-state index in [-0.39, 0.29) is 17.1 Å². The number of rotatable bonds is 3. The first kappa shape index (κ1) is 15.6. The summed E-state index contributed by atoms with van der Waals surface area (Å²) in [7, 11) is 0. The predicted octanol–water partition coefficient (Wildman–Crippen LogP) is 3.36. The number of benzene rings is 2. The van der Waals surface area contributed by atoms with Gasteiger partial charge in [-0.25, -0.2) is 0 Å². The zero-order valence-electron chi connectivity index (χ0n) is 13.1. The third-order valence-electron chi connectivity index (χ3n) is 3.71. The number of nitrogens with one attached hydrogen (secondary N) is 2. The minimum absolute atomic E-state index is 0.0171. The molecule has 1 heterocycles. The Hall–Kier alpha value is -2.27. The highest BCUT2D eigenvalue weighted by Gasteiger charge is 2.22. The molecule has 0 saturated carbocycles. The second kappa shape index (κ2) is 6.46. The van der Waals surface area contributed by atoms with E-state index in [1.165, 1.54) is 0 Å². The van der Waals surface area contributed by atoms with Gasteiger partial charge in [-0.3, -0.25) is 9.59 Å². The molecule has 5 heteroatoms. The molecular weight excluding hydrogens is 308 g/mol. The van der Waals surface area contributed by atoms with Gasteiger partial charge < -0.3 is 10.6 Å². The number of thioether (sulfide) groups is 1. The van der Waals surface area contributed by atoms with E-state index in [0.29, 0.717) is 12.1 Å². The van der Waals surface area contributed by atoms with Gasteiger partial charge in [-0.2, -0.15) is 0 Å². The molecule has 0 bridgehead atoms. The maximum absolute atomic E-state index is 12.2. The summed E-state index contributed by atoms with van der Waals surface area (Å²) in [6.45, 7) is 4.27. The fourth-order valence-corrected chi connectivity index (χ4v) is 3.37. The van der Waals surface area contributed by atoms with Crippen LogP contribution >= 0.6 is 11.8 Å². The van der Waals surface area contributed by atoms with Crippen LogP contribution in [0.5, 0.6) is 0 Å². The van der Waals surface area contributed by atoms with E-state index in [2.05, 4.69) is 10.6 Å². The Balaban J connectivity index is 1.68. The van der Waals surface area contributed by atoms with Gasteiger partial charge in [0, 0.05) is 17.0 Å². The second-order valence-electron chi connectivity index (χ2n) is 5.63. The number of hydrogen-bond donors (Lipinski definition) is 2. The first-order valence-electron chi connectivity index (χ1n) is 7.48. The van der Waals surface area contributed by atoms with Gasteiger partial charge in [0.25, 0.3) is 5.91 Å². The lowest BCUT2D eigenvalue weighted by Gasteiger charge is -2.22. The zero-order valence-corrected chi connectivity index (χ0v) is 13.9. The van der Waals surface area contributed by atoms with Crippen molar-refractivity contribution in [2.24, 2.45) is 0 Å². The molecule has 0 saturated heterocycles. The number of aryl methyl sites for hydroxylation is 1. The van der Waals surface area contributed by atoms with Crippen molar-refractivity contribution in [3.8, 4) is 0 Å². The van der Waals surface area contributed by atoms with E-state index in [9.17, 15) is 9.59 Å². The molecule has 0 spiro atoms. The minimum Gasteiger partial charge on any atom is -0.348 e. The summed E-state index contributed by atoms with van der Waals surface area (Å²) in [5, 5.41) is 5.74. The Morgan fingerprint density at radius 3 is 2.87 bits per heavy atom. The third-order valence-corrected chi connectivity index (χ3v) is 4.89. The SMILES string of the molecule is Cc1cccc(C(=O)NCc2ccc3c(c2)NC(=O)C(C)S3)c1. The van der Waals surface area contributed by atoms with Crippen LogP contribution in [0, 0.1) is 6.92 Å². The van der Waals surface area contributed by atoms with Gasteiger partial charge in [0.05, 0.1) is 10.9 Å². The van der Waals surface area contributed by atoms with Gasteiger partial charge in [-0.1, -0.05) is 23.8 Å². The Bertz CT molecular complexity index is 773. The summed E-state index contributed by atoms with van der Waals surface area (Å²) in [6, 6.07) is 13.4. The average Bonchev–Trinajstić information content (AvgIpc) is 2.53. The number of amides is 2.